The molecule has 2 atom stereocenters. The Kier molecular flexibility index (Phi) is 5.03. The third-order valence-corrected chi connectivity index (χ3v) is 6.02. The first-order valence-electron chi connectivity index (χ1n) is 8.13. The van der Waals surface area contributed by atoms with E-state index in [9.17, 15) is 13.2 Å². The summed E-state index contributed by atoms with van der Waals surface area (Å²) in [5.41, 5.74) is 0.849. The standard InChI is InChI=1S/C17H22N2O4S/c1-14-13-16(17(20)23-14)18-8-10-19(11-9-18)24(21,22)12-7-15-5-3-2-4-6-15/h2-7,12,14,16H,8-11,13H2,1H3/b12-7+. The van der Waals surface area contributed by atoms with Crippen LogP contribution in [0.4, 0.5) is 0 Å². The second kappa shape index (κ2) is 7.04. The Morgan fingerprint density at radius 1 is 1.12 bits per heavy atom. The summed E-state index contributed by atoms with van der Waals surface area (Å²) in [6.45, 7) is 3.75. The predicted octanol–water partition coefficient (Wildman–Crippen LogP) is 1.31. The molecule has 0 saturated carbocycles. The summed E-state index contributed by atoms with van der Waals surface area (Å²) in [6.07, 6.45) is 2.23. The van der Waals surface area contributed by atoms with Crippen LogP contribution in [0, 0.1) is 0 Å². The molecule has 0 amide bonds. The maximum absolute atomic E-state index is 12.4. The lowest BCUT2D eigenvalue weighted by Gasteiger charge is -2.35. The van der Waals surface area contributed by atoms with Gasteiger partial charge in [-0.1, -0.05) is 30.3 Å². The van der Waals surface area contributed by atoms with Gasteiger partial charge < -0.3 is 4.74 Å². The molecule has 2 heterocycles. The molecule has 2 aliphatic heterocycles. The Hall–Kier alpha value is -1.70. The summed E-state index contributed by atoms with van der Waals surface area (Å²) >= 11 is 0. The molecule has 6 nitrogen and oxygen atoms in total. The fraction of sp³-hybridized carbons (Fsp3) is 0.471. The van der Waals surface area contributed by atoms with Gasteiger partial charge in [0.2, 0.25) is 10.0 Å². The van der Waals surface area contributed by atoms with Crippen LogP contribution in [-0.4, -0.2) is 61.9 Å². The number of cyclic esters (lactones) is 1. The molecule has 1 aromatic carbocycles. The highest BCUT2D eigenvalue weighted by Gasteiger charge is 2.38. The third-order valence-electron chi connectivity index (χ3n) is 4.45. The van der Waals surface area contributed by atoms with Crippen LogP contribution in [-0.2, 0) is 19.6 Å². The van der Waals surface area contributed by atoms with Gasteiger partial charge in [-0.05, 0) is 18.6 Å². The van der Waals surface area contributed by atoms with Crippen molar-refractivity contribution in [2.75, 3.05) is 26.2 Å². The fourth-order valence-electron chi connectivity index (χ4n) is 3.12. The molecule has 0 N–H and O–H groups in total. The molecule has 2 aliphatic rings. The lowest BCUT2D eigenvalue weighted by Crippen LogP contribution is -2.52. The zero-order valence-electron chi connectivity index (χ0n) is 13.7. The molecule has 2 fully saturated rings. The number of nitrogens with zero attached hydrogens (tertiary/aromatic N) is 2. The zero-order valence-corrected chi connectivity index (χ0v) is 14.5. The highest BCUT2D eigenvalue weighted by molar-refractivity contribution is 7.92. The molecule has 0 aromatic heterocycles. The Labute approximate surface area is 142 Å². The van der Waals surface area contributed by atoms with Gasteiger partial charge in [0, 0.05) is 38.0 Å². The smallest absolute Gasteiger partial charge is 0.323 e. The number of esters is 1. The minimum absolute atomic E-state index is 0.0573. The molecule has 7 heteroatoms. The number of piperazine rings is 1. The van der Waals surface area contributed by atoms with E-state index < -0.39 is 10.0 Å². The van der Waals surface area contributed by atoms with E-state index in [2.05, 4.69) is 0 Å². The number of benzene rings is 1. The SMILES string of the molecule is CC1CC(N2CCN(S(=O)(=O)/C=C/c3ccccc3)CC2)C(=O)O1. The third kappa shape index (κ3) is 3.85. The van der Waals surface area contributed by atoms with Crippen molar-refractivity contribution >= 4 is 22.1 Å². The van der Waals surface area contributed by atoms with Gasteiger partial charge in [0.25, 0.3) is 0 Å². The monoisotopic (exact) mass is 350 g/mol. The fourth-order valence-corrected chi connectivity index (χ4v) is 4.29. The second-order valence-electron chi connectivity index (χ2n) is 6.19. The molecule has 2 saturated heterocycles. The van der Waals surface area contributed by atoms with Crippen molar-refractivity contribution in [2.24, 2.45) is 0 Å². The summed E-state index contributed by atoms with van der Waals surface area (Å²) in [6, 6.07) is 9.11. The van der Waals surface area contributed by atoms with E-state index in [4.69, 9.17) is 4.74 Å². The molecule has 0 aliphatic carbocycles. The number of sulfonamides is 1. The minimum Gasteiger partial charge on any atom is -0.461 e. The Morgan fingerprint density at radius 2 is 1.79 bits per heavy atom. The van der Waals surface area contributed by atoms with Crippen molar-refractivity contribution in [1.82, 2.24) is 9.21 Å². The Bertz CT molecular complexity index is 709. The summed E-state index contributed by atoms with van der Waals surface area (Å²) < 4.78 is 31.5. The van der Waals surface area contributed by atoms with E-state index in [1.165, 1.54) is 9.71 Å². The van der Waals surface area contributed by atoms with Crippen LogP contribution in [0.3, 0.4) is 0 Å². The van der Waals surface area contributed by atoms with Crippen LogP contribution in [0.2, 0.25) is 0 Å². The highest BCUT2D eigenvalue weighted by Crippen LogP contribution is 2.22. The van der Waals surface area contributed by atoms with Gasteiger partial charge in [-0.3, -0.25) is 9.69 Å². The van der Waals surface area contributed by atoms with E-state index in [0.29, 0.717) is 32.6 Å². The normalized spacial score (nSPS) is 26.8. The number of carbonyl (C=O) groups excluding carboxylic acids is 1. The average molecular weight is 350 g/mol. The Morgan fingerprint density at radius 3 is 2.38 bits per heavy atom. The van der Waals surface area contributed by atoms with Gasteiger partial charge >= 0.3 is 5.97 Å². The van der Waals surface area contributed by atoms with E-state index in [1.807, 2.05) is 42.2 Å². The summed E-state index contributed by atoms with van der Waals surface area (Å²) in [4.78, 5) is 13.8. The number of rotatable bonds is 4. The topological polar surface area (TPSA) is 66.9 Å². The van der Waals surface area contributed by atoms with Crippen molar-refractivity contribution in [3.8, 4) is 0 Å². The molecule has 0 spiro atoms. The van der Waals surface area contributed by atoms with Gasteiger partial charge in [-0.15, -0.1) is 0 Å². The summed E-state index contributed by atoms with van der Waals surface area (Å²) in [5.74, 6) is -0.192. The molecule has 24 heavy (non-hydrogen) atoms. The van der Waals surface area contributed by atoms with Crippen LogP contribution in [0.25, 0.3) is 6.08 Å². The molecular formula is C17H22N2O4S. The van der Waals surface area contributed by atoms with Gasteiger partial charge in [0.15, 0.2) is 0 Å². The van der Waals surface area contributed by atoms with Crippen LogP contribution in [0.1, 0.15) is 18.9 Å². The van der Waals surface area contributed by atoms with Gasteiger partial charge in [-0.2, -0.15) is 4.31 Å². The first-order chi connectivity index (χ1) is 11.5. The maximum Gasteiger partial charge on any atom is 0.323 e. The van der Waals surface area contributed by atoms with Gasteiger partial charge in [-0.25, -0.2) is 8.42 Å². The number of carbonyl (C=O) groups is 1. The molecule has 0 radical (unpaired) electrons. The number of hydrogen-bond acceptors (Lipinski definition) is 5. The minimum atomic E-state index is -3.44. The van der Waals surface area contributed by atoms with Crippen LogP contribution in [0.15, 0.2) is 35.7 Å². The van der Waals surface area contributed by atoms with E-state index >= 15 is 0 Å². The average Bonchev–Trinajstić information content (AvgIpc) is 2.93. The molecule has 0 bridgehead atoms. The van der Waals surface area contributed by atoms with Crippen molar-refractivity contribution in [3.63, 3.8) is 0 Å². The van der Waals surface area contributed by atoms with Crippen molar-refractivity contribution in [2.45, 2.75) is 25.5 Å². The van der Waals surface area contributed by atoms with E-state index in [1.54, 1.807) is 6.08 Å². The van der Waals surface area contributed by atoms with Crippen LogP contribution < -0.4 is 0 Å². The summed E-state index contributed by atoms with van der Waals surface area (Å²) in [7, 11) is -3.44. The first kappa shape index (κ1) is 17.1. The first-order valence-corrected chi connectivity index (χ1v) is 9.64. The van der Waals surface area contributed by atoms with E-state index in [-0.39, 0.29) is 18.1 Å². The quantitative estimate of drug-likeness (QED) is 0.766. The van der Waals surface area contributed by atoms with E-state index in [0.717, 1.165) is 5.56 Å². The van der Waals surface area contributed by atoms with Crippen LogP contribution in [0.5, 0.6) is 0 Å². The number of ether oxygens (including phenoxy) is 1. The second-order valence-corrected chi connectivity index (χ2v) is 8.01. The summed E-state index contributed by atoms with van der Waals surface area (Å²) in [5, 5.41) is 1.25. The van der Waals surface area contributed by atoms with Crippen LogP contribution >= 0.6 is 0 Å². The number of hydrogen-bond donors (Lipinski definition) is 0. The molecule has 2 unspecified atom stereocenters. The molecular weight excluding hydrogens is 328 g/mol. The Balaban J connectivity index is 1.59. The molecule has 130 valence electrons. The van der Waals surface area contributed by atoms with Crippen molar-refractivity contribution < 1.29 is 17.9 Å². The van der Waals surface area contributed by atoms with Crippen molar-refractivity contribution in [1.29, 1.82) is 0 Å². The van der Waals surface area contributed by atoms with Gasteiger partial charge in [0.05, 0.1) is 0 Å². The lowest BCUT2D eigenvalue weighted by atomic mass is 10.1. The highest BCUT2D eigenvalue weighted by atomic mass is 32.2. The van der Waals surface area contributed by atoms with Gasteiger partial charge in [0.1, 0.15) is 12.1 Å². The molecule has 3 rings (SSSR count). The largest absolute Gasteiger partial charge is 0.461 e. The zero-order chi connectivity index (χ0) is 17.2. The van der Waals surface area contributed by atoms with Crippen molar-refractivity contribution in [3.05, 3.63) is 41.3 Å². The molecule has 1 aromatic rings. The maximum atomic E-state index is 12.4. The lowest BCUT2D eigenvalue weighted by molar-refractivity contribution is -0.145. The predicted molar refractivity (Wildman–Crippen MR) is 91.5 cm³/mol.